The SMILES string of the molecule is CC(C)[C@@H](N)c1nc2cccc(F)c2c(=O)n1-c1ccccc1. The molecule has 118 valence electrons. The number of hydrogen-bond donors (Lipinski definition) is 1. The summed E-state index contributed by atoms with van der Waals surface area (Å²) in [7, 11) is 0. The molecule has 3 rings (SSSR count). The second kappa shape index (κ2) is 5.93. The highest BCUT2D eigenvalue weighted by molar-refractivity contribution is 5.78. The van der Waals surface area contributed by atoms with E-state index in [-0.39, 0.29) is 11.3 Å². The number of aromatic nitrogens is 2. The van der Waals surface area contributed by atoms with Gasteiger partial charge in [0, 0.05) is 0 Å². The number of halogens is 1. The Bertz CT molecular complexity index is 903. The van der Waals surface area contributed by atoms with Crippen molar-refractivity contribution in [2.45, 2.75) is 19.9 Å². The largest absolute Gasteiger partial charge is 0.321 e. The van der Waals surface area contributed by atoms with Gasteiger partial charge in [0.15, 0.2) is 0 Å². The first-order valence-electron chi connectivity index (χ1n) is 7.53. The van der Waals surface area contributed by atoms with Crippen LogP contribution in [0.2, 0.25) is 0 Å². The molecule has 0 saturated carbocycles. The lowest BCUT2D eigenvalue weighted by Gasteiger charge is -2.21. The third-order valence-corrected chi connectivity index (χ3v) is 3.90. The Balaban J connectivity index is 2.43. The van der Waals surface area contributed by atoms with Gasteiger partial charge >= 0.3 is 0 Å². The average Bonchev–Trinajstić information content (AvgIpc) is 2.54. The maximum atomic E-state index is 14.1. The second-order valence-electron chi connectivity index (χ2n) is 5.85. The van der Waals surface area contributed by atoms with Crippen LogP contribution in [0.25, 0.3) is 16.6 Å². The van der Waals surface area contributed by atoms with Gasteiger partial charge < -0.3 is 5.73 Å². The smallest absolute Gasteiger partial charge is 0.269 e. The highest BCUT2D eigenvalue weighted by Crippen LogP contribution is 2.22. The topological polar surface area (TPSA) is 60.9 Å². The van der Waals surface area contributed by atoms with E-state index in [2.05, 4.69) is 4.98 Å². The maximum Gasteiger partial charge on any atom is 0.269 e. The Kier molecular flexibility index (Phi) is 3.96. The van der Waals surface area contributed by atoms with Crippen molar-refractivity contribution in [2.75, 3.05) is 0 Å². The zero-order valence-corrected chi connectivity index (χ0v) is 13.0. The molecule has 2 N–H and O–H groups in total. The summed E-state index contributed by atoms with van der Waals surface area (Å²) >= 11 is 0. The summed E-state index contributed by atoms with van der Waals surface area (Å²) in [6, 6.07) is 13.1. The van der Waals surface area contributed by atoms with Gasteiger partial charge in [0.2, 0.25) is 0 Å². The molecular formula is C18H18FN3O. The van der Waals surface area contributed by atoms with Crippen molar-refractivity contribution in [3.63, 3.8) is 0 Å². The van der Waals surface area contributed by atoms with Crippen LogP contribution in [0, 0.1) is 11.7 Å². The number of para-hydroxylation sites is 1. The maximum absolute atomic E-state index is 14.1. The van der Waals surface area contributed by atoms with E-state index in [1.165, 1.54) is 10.6 Å². The minimum Gasteiger partial charge on any atom is -0.321 e. The number of nitrogens with two attached hydrogens (primary N) is 1. The number of nitrogens with zero attached hydrogens (tertiary/aromatic N) is 2. The fourth-order valence-electron chi connectivity index (χ4n) is 2.56. The van der Waals surface area contributed by atoms with Crippen molar-refractivity contribution in [2.24, 2.45) is 11.7 Å². The molecule has 0 unspecified atom stereocenters. The molecule has 0 spiro atoms. The fourth-order valence-corrected chi connectivity index (χ4v) is 2.56. The van der Waals surface area contributed by atoms with E-state index in [9.17, 15) is 9.18 Å². The Morgan fingerprint density at radius 1 is 1.09 bits per heavy atom. The molecular weight excluding hydrogens is 293 g/mol. The summed E-state index contributed by atoms with van der Waals surface area (Å²) in [6.45, 7) is 3.92. The van der Waals surface area contributed by atoms with E-state index in [4.69, 9.17) is 5.73 Å². The van der Waals surface area contributed by atoms with Crippen LogP contribution < -0.4 is 11.3 Å². The predicted molar refractivity (Wildman–Crippen MR) is 89.1 cm³/mol. The molecule has 1 aromatic heterocycles. The summed E-state index contributed by atoms with van der Waals surface area (Å²) in [5.41, 5.74) is 6.77. The third-order valence-electron chi connectivity index (χ3n) is 3.90. The van der Waals surface area contributed by atoms with Gasteiger partial charge in [0.1, 0.15) is 17.0 Å². The molecule has 0 saturated heterocycles. The molecule has 0 aliphatic carbocycles. The molecule has 4 nitrogen and oxygen atoms in total. The van der Waals surface area contributed by atoms with Crippen LogP contribution >= 0.6 is 0 Å². The Morgan fingerprint density at radius 3 is 2.43 bits per heavy atom. The van der Waals surface area contributed by atoms with Crippen LogP contribution in [-0.2, 0) is 0 Å². The Morgan fingerprint density at radius 2 is 1.78 bits per heavy atom. The predicted octanol–water partition coefficient (Wildman–Crippen LogP) is 3.18. The first kappa shape index (κ1) is 15.4. The highest BCUT2D eigenvalue weighted by atomic mass is 19.1. The van der Waals surface area contributed by atoms with E-state index >= 15 is 0 Å². The van der Waals surface area contributed by atoms with Crippen molar-refractivity contribution in [3.05, 3.63) is 70.5 Å². The minimum absolute atomic E-state index is 0.0175. The Hall–Kier alpha value is -2.53. The Labute approximate surface area is 133 Å². The summed E-state index contributed by atoms with van der Waals surface area (Å²) in [5.74, 6) is -0.0495. The molecule has 0 amide bonds. The number of benzene rings is 2. The van der Waals surface area contributed by atoms with E-state index in [1.807, 2.05) is 32.0 Å². The van der Waals surface area contributed by atoms with Crippen molar-refractivity contribution in [3.8, 4) is 5.69 Å². The lowest BCUT2D eigenvalue weighted by molar-refractivity contribution is 0.479. The van der Waals surface area contributed by atoms with Crippen molar-refractivity contribution in [1.82, 2.24) is 9.55 Å². The molecule has 5 heteroatoms. The quantitative estimate of drug-likeness (QED) is 0.808. The van der Waals surface area contributed by atoms with E-state index in [0.29, 0.717) is 17.0 Å². The van der Waals surface area contributed by atoms with Gasteiger partial charge in [-0.15, -0.1) is 0 Å². The highest BCUT2D eigenvalue weighted by Gasteiger charge is 2.21. The molecule has 0 aliphatic heterocycles. The number of hydrogen-bond acceptors (Lipinski definition) is 3. The molecule has 1 atom stereocenters. The van der Waals surface area contributed by atoms with Gasteiger partial charge in [-0.05, 0) is 30.2 Å². The first-order chi connectivity index (χ1) is 11.0. The van der Waals surface area contributed by atoms with Crippen LogP contribution in [0.1, 0.15) is 25.7 Å². The van der Waals surface area contributed by atoms with Gasteiger partial charge in [0.25, 0.3) is 5.56 Å². The second-order valence-corrected chi connectivity index (χ2v) is 5.85. The minimum atomic E-state index is -0.575. The van der Waals surface area contributed by atoms with Crippen LogP contribution in [0.4, 0.5) is 4.39 Å². The van der Waals surface area contributed by atoms with Gasteiger partial charge in [-0.1, -0.05) is 38.1 Å². The summed E-state index contributed by atoms with van der Waals surface area (Å²) in [4.78, 5) is 17.4. The zero-order chi connectivity index (χ0) is 16.6. The first-order valence-corrected chi connectivity index (χ1v) is 7.53. The molecule has 23 heavy (non-hydrogen) atoms. The molecule has 1 heterocycles. The molecule has 3 aromatic rings. The molecule has 0 fully saturated rings. The van der Waals surface area contributed by atoms with Crippen molar-refractivity contribution >= 4 is 10.9 Å². The van der Waals surface area contributed by atoms with Gasteiger partial charge in [0.05, 0.1) is 17.2 Å². The van der Waals surface area contributed by atoms with E-state index in [0.717, 1.165) is 0 Å². The van der Waals surface area contributed by atoms with Crippen molar-refractivity contribution < 1.29 is 4.39 Å². The van der Waals surface area contributed by atoms with Crippen LogP contribution in [0.3, 0.4) is 0 Å². The summed E-state index contributed by atoms with van der Waals surface area (Å²) in [5, 5.41) is -0.0175. The average molecular weight is 311 g/mol. The fraction of sp³-hybridized carbons (Fsp3) is 0.222. The number of rotatable bonds is 3. The standard InChI is InChI=1S/C18H18FN3O/c1-11(2)16(20)17-21-14-10-6-9-13(19)15(14)18(23)22(17)12-7-4-3-5-8-12/h3-11,16H,20H2,1-2H3/t16-/m1/s1. The van der Waals surface area contributed by atoms with Crippen LogP contribution in [-0.4, -0.2) is 9.55 Å². The van der Waals surface area contributed by atoms with Gasteiger partial charge in [-0.25, -0.2) is 9.37 Å². The van der Waals surface area contributed by atoms with Gasteiger partial charge in [-0.3, -0.25) is 9.36 Å². The van der Waals surface area contributed by atoms with Gasteiger partial charge in [-0.2, -0.15) is 0 Å². The molecule has 0 bridgehead atoms. The number of fused-ring (bicyclic) bond motifs is 1. The summed E-state index contributed by atoms with van der Waals surface area (Å²) in [6.07, 6.45) is 0. The molecule has 2 aromatic carbocycles. The van der Waals surface area contributed by atoms with Crippen molar-refractivity contribution in [1.29, 1.82) is 0 Å². The summed E-state index contributed by atoms with van der Waals surface area (Å²) < 4.78 is 15.6. The zero-order valence-electron chi connectivity index (χ0n) is 13.0. The molecule has 0 radical (unpaired) electrons. The van der Waals surface area contributed by atoms with E-state index in [1.54, 1.807) is 24.3 Å². The lowest BCUT2D eigenvalue weighted by atomic mass is 10.0. The van der Waals surface area contributed by atoms with Crippen LogP contribution in [0.15, 0.2) is 53.3 Å². The van der Waals surface area contributed by atoms with Crippen LogP contribution in [0.5, 0.6) is 0 Å². The van der Waals surface area contributed by atoms with E-state index < -0.39 is 17.4 Å². The third kappa shape index (κ3) is 2.64. The lowest BCUT2D eigenvalue weighted by Crippen LogP contribution is -2.31. The monoisotopic (exact) mass is 311 g/mol. The molecule has 0 aliphatic rings. The normalized spacial score (nSPS) is 12.7.